The van der Waals surface area contributed by atoms with E-state index in [9.17, 15) is 9.59 Å². The van der Waals surface area contributed by atoms with Gasteiger partial charge in [-0.1, -0.05) is 0 Å². The predicted molar refractivity (Wildman–Crippen MR) is 108 cm³/mol. The summed E-state index contributed by atoms with van der Waals surface area (Å²) in [6.45, 7) is 4.13. The van der Waals surface area contributed by atoms with Crippen LogP contribution < -0.4 is 10.3 Å². The Labute approximate surface area is 168 Å². The van der Waals surface area contributed by atoms with E-state index in [2.05, 4.69) is 15.1 Å². The second-order valence-corrected chi connectivity index (χ2v) is 7.08. The largest absolute Gasteiger partial charge is 0.481 e. The number of hydrogen-bond acceptors (Lipinski definition) is 6. The van der Waals surface area contributed by atoms with Crippen LogP contribution >= 0.6 is 0 Å². The molecule has 2 aromatic heterocycles. The number of ether oxygens (including phenoxy) is 1. The van der Waals surface area contributed by atoms with Crippen LogP contribution in [0.1, 0.15) is 10.4 Å². The second kappa shape index (κ2) is 8.04. The minimum atomic E-state index is -0.0946. The minimum Gasteiger partial charge on any atom is -0.481 e. The molecule has 9 heteroatoms. The summed E-state index contributed by atoms with van der Waals surface area (Å²) in [6.07, 6.45) is 1.62. The van der Waals surface area contributed by atoms with E-state index in [0.29, 0.717) is 31.1 Å². The van der Waals surface area contributed by atoms with Crippen LogP contribution in [0.4, 0.5) is 0 Å². The van der Waals surface area contributed by atoms with Gasteiger partial charge in [0.25, 0.3) is 11.5 Å². The average molecular weight is 396 g/mol. The van der Waals surface area contributed by atoms with Crippen LogP contribution in [-0.4, -0.2) is 75.1 Å². The maximum absolute atomic E-state index is 12.9. The van der Waals surface area contributed by atoms with Crippen LogP contribution in [0.2, 0.25) is 0 Å². The molecule has 9 nitrogen and oxygen atoms in total. The van der Waals surface area contributed by atoms with Crippen molar-refractivity contribution in [2.75, 3.05) is 39.8 Å². The molecule has 1 fully saturated rings. The van der Waals surface area contributed by atoms with Crippen LogP contribution in [-0.2, 0) is 13.6 Å². The molecule has 0 spiro atoms. The first-order chi connectivity index (χ1) is 14.1. The Morgan fingerprint density at radius 3 is 2.66 bits per heavy atom. The summed E-state index contributed by atoms with van der Waals surface area (Å²) < 4.78 is 8.50. The smallest absolute Gasteiger partial charge is 0.266 e. The number of hydrogen-bond donors (Lipinski definition) is 0. The van der Waals surface area contributed by atoms with Gasteiger partial charge in [0, 0.05) is 57.6 Å². The molecule has 0 N–H and O–H groups in total. The van der Waals surface area contributed by atoms with Crippen LogP contribution in [0.3, 0.4) is 0 Å². The highest BCUT2D eigenvalue weighted by atomic mass is 16.5. The number of carbonyl (C=O) groups excluding carboxylic acids is 1. The highest BCUT2D eigenvalue weighted by Gasteiger charge is 2.23. The molecule has 3 aromatic rings. The first-order valence-electron chi connectivity index (χ1n) is 9.61. The molecule has 1 amide bonds. The van der Waals surface area contributed by atoms with E-state index in [-0.39, 0.29) is 11.5 Å². The van der Waals surface area contributed by atoms with Gasteiger partial charge >= 0.3 is 0 Å². The van der Waals surface area contributed by atoms with E-state index < -0.39 is 0 Å². The van der Waals surface area contributed by atoms with E-state index in [0.717, 1.165) is 30.5 Å². The van der Waals surface area contributed by atoms with Gasteiger partial charge in [0.15, 0.2) is 0 Å². The highest BCUT2D eigenvalue weighted by Crippen LogP contribution is 2.25. The monoisotopic (exact) mass is 396 g/mol. The standard InChI is InChI=1S/C20H24N6O3/c1-23-20(29-2)16-6-5-15(14-17(16)22-23)19(28)25-11-8-24(9-12-25)10-13-26-18(27)4-3-7-21-26/h3-7,14H,8-13H2,1-2H3. The highest BCUT2D eigenvalue weighted by molar-refractivity contribution is 5.98. The van der Waals surface area contributed by atoms with Gasteiger partial charge in [-0.3, -0.25) is 14.5 Å². The van der Waals surface area contributed by atoms with Crippen LogP contribution in [0, 0.1) is 0 Å². The Balaban J connectivity index is 1.37. The molecule has 4 rings (SSSR count). The second-order valence-electron chi connectivity index (χ2n) is 7.08. The molecule has 1 aliphatic rings. The number of methoxy groups -OCH3 is 1. The van der Waals surface area contributed by atoms with Gasteiger partial charge in [-0.15, -0.1) is 0 Å². The first kappa shape index (κ1) is 19.1. The summed E-state index contributed by atoms with van der Waals surface area (Å²) in [6, 6.07) is 8.68. The maximum Gasteiger partial charge on any atom is 0.266 e. The lowest BCUT2D eigenvalue weighted by molar-refractivity contribution is 0.0631. The van der Waals surface area contributed by atoms with Gasteiger partial charge in [0.1, 0.15) is 0 Å². The van der Waals surface area contributed by atoms with Crippen molar-refractivity contribution in [1.29, 1.82) is 0 Å². The van der Waals surface area contributed by atoms with E-state index in [1.54, 1.807) is 24.1 Å². The fraction of sp³-hybridized carbons (Fsp3) is 0.400. The summed E-state index contributed by atoms with van der Waals surface area (Å²) in [4.78, 5) is 28.8. The normalized spacial score (nSPS) is 15.0. The van der Waals surface area contributed by atoms with Crippen molar-refractivity contribution < 1.29 is 9.53 Å². The van der Waals surface area contributed by atoms with Crippen LogP contribution in [0.5, 0.6) is 5.88 Å². The number of aryl methyl sites for hydroxylation is 1. The average Bonchev–Trinajstić information content (AvgIpc) is 3.07. The molecule has 0 bridgehead atoms. The lowest BCUT2D eigenvalue weighted by Crippen LogP contribution is -2.49. The molecule has 3 heterocycles. The lowest BCUT2D eigenvalue weighted by Gasteiger charge is -2.34. The topological polar surface area (TPSA) is 85.5 Å². The number of carbonyl (C=O) groups is 1. The molecule has 29 heavy (non-hydrogen) atoms. The van der Waals surface area contributed by atoms with E-state index in [4.69, 9.17) is 4.74 Å². The molecule has 1 aliphatic heterocycles. The predicted octanol–water partition coefficient (Wildman–Crippen LogP) is 0.597. The number of benzene rings is 1. The van der Waals surface area contributed by atoms with Crippen LogP contribution in [0.25, 0.3) is 10.9 Å². The van der Waals surface area contributed by atoms with Gasteiger partial charge in [-0.2, -0.15) is 10.2 Å². The Hall–Kier alpha value is -3.20. The quantitative estimate of drug-likeness (QED) is 0.628. The zero-order chi connectivity index (χ0) is 20.4. The number of nitrogens with zero attached hydrogens (tertiary/aromatic N) is 6. The SMILES string of the molecule is COc1c2ccc(C(=O)N3CCN(CCn4ncccc4=O)CC3)cc2nn1C. The van der Waals surface area contributed by atoms with E-state index in [1.165, 1.54) is 10.7 Å². The number of fused-ring (bicyclic) bond motifs is 1. The summed E-state index contributed by atoms with van der Waals surface area (Å²) in [5.41, 5.74) is 1.28. The molecule has 0 saturated carbocycles. The molecule has 0 aliphatic carbocycles. The number of amides is 1. The van der Waals surface area contributed by atoms with Crippen molar-refractivity contribution >= 4 is 16.8 Å². The molecule has 0 atom stereocenters. The van der Waals surface area contributed by atoms with Crippen molar-refractivity contribution in [3.63, 3.8) is 0 Å². The molecule has 1 saturated heterocycles. The van der Waals surface area contributed by atoms with Gasteiger partial charge in [-0.25, -0.2) is 9.36 Å². The van der Waals surface area contributed by atoms with Crippen molar-refractivity contribution in [1.82, 2.24) is 29.4 Å². The Kier molecular flexibility index (Phi) is 5.30. The number of aromatic nitrogens is 4. The third kappa shape index (κ3) is 3.86. The summed E-state index contributed by atoms with van der Waals surface area (Å²) in [5, 5.41) is 9.39. The number of rotatable bonds is 5. The third-order valence-electron chi connectivity index (χ3n) is 5.29. The summed E-state index contributed by atoms with van der Waals surface area (Å²) in [7, 11) is 3.43. The third-order valence-corrected chi connectivity index (χ3v) is 5.29. The van der Waals surface area contributed by atoms with E-state index in [1.807, 2.05) is 30.1 Å². The Morgan fingerprint density at radius 1 is 1.14 bits per heavy atom. The fourth-order valence-electron chi connectivity index (χ4n) is 3.70. The molecule has 152 valence electrons. The van der Waals surface area contributed by atoms with Crippen molar-refractivity contribution in [3.05, 3.63) is 52.4 Å². The van der Waals surface area contributed by atoms with Crippen molar-refractivity contribution in [3.8, 4) is 5.88 Å². The van der Waals surface area contributed by atoms with E-state index >= 15 is 0 Å². The summed E-state index contributed by atoms with van der Waals surface area (Å²) >= 11 is 0. The summed E-state index contributed by atoms with van der Waals surface area (Å²) in [5.74, 6) is 0.691. The molecular formula is C20H24N6O3. The molecule has 0 radical (unpaired) electrons. The van der Waals surface area contributed by atoms with Gasteiger partial charge < -0.3 is 9.64 Å². The lowest BCUT2D eigenvalue weighted by atomic mass is 10.1. The first-order valence-corrected chi connectivity index (χ1v) is 9.61. The molecular weight excluding hydrogens is 372 g/mol. The Morgan fingerprint density at radius 2 is 1.93 bits per heavy atom. The zero-order valence-electron chi connectivity index (χ0n) is 16.6. The molecule has 0 unspecified atom stereocenters. The fourth-order valence-corrected chi connectivity index (χ4v) is 3.70. The van der Waals surface area contributed by atoms with Crippen molar-refractivity contribution in [2.45, 2.75) is 6.54 Å². The van der Waals surface area contributed by atoms with Crippen molar-refractivity contribution in [2.24, 2.45) is 7.05 Å². The Bertz CT molecular complexity index is 1080. The minimum absolute atomic E-state index is 0.0112. The maximum atomic E-state index is 12.9. The van der Waals surface area contributed by atoms with Gasteiger partial charge in [0.2, 0.25) is 5.88 Å². The number of piperazine rings is 1. The van der Waals surface area contributed by atoms with Crippen LogP contribution in [0.15, 0.2) is 41.3 Å². The van der Waals surface area contributed by atoms with Gasteiger partial charge in [0.05, 0.1) is 24.6 Å². The zero-order valence-corrected chi connectivity index (χ0v) is 16.6. The van der Waals surface area contributed by atoms with Gasteiger partial charge in [-0.05, 0) is 24.3 Å². The molecule has 1 aromatic carbocycles.